The van der Waals surface area contributed by atoms with Crippen LogP contribution in [0.15, 0.2) is 53.7 Å². The van der Waals surface area contributed by atoms with Gasteiger partial charge in [0.05, 0.1) is 5.69 Å². The molecule has 0 atom stereocenters. The van der Waals surface area contributed by atoms with Crippen molar-refractivity contribution in [3.05, 3.63) is 54.2 Å². The molecule has 128 valence electrons. The SMILES string of the molecule is CCN(CC)c1ccc(C=Nc2ccc(O)c3ncccc23)c(O)c1. The summed E-state index contributed by atoms with van der Waals surface area (Å²) in [5.41, 5.74) is 2.83. The number of hydrogen-bond donors (Lipinski definition) is 2. The van der Waals surface area contributed by atoms with Crippen molar-refractivity contribution in [2.45, 2.75) is 13.8 Å². The van der Waals surface area contributed by atoms with E-state index in [1.807, 2.05) is 18.2 Å². The number of aromatic nitrogens is 1. The van der Waals surface area contributed by atoms with Gasteiger partial charge in [-0.15, -0.1) is 0 Å². The van der Waals surface area contributed by atoms with Gasteiger partial charge in [0, 0.05) is 48.2 Å². The Morgan fingerprint density at radius 1 is 1.04 bits per heavy atom. The molecule has 0 aliphatic heterocycles. The highest BCUT2D eigenvalue weighted by Gasteiger charge is 2.07. The summed E-state index contributed by atoms with van der Waals surface area (Å²) < 4.78 is 0. The van der Waals surface area contributed by atoms with Crippen molar-refractivity contribution in [1.82, 2.24) is 4.98 Å². The maximum Gasteiger partial charge on any atom is 0.141 e. The van der Waals surface area contributed by atoms with Gasteiger partial charge in [0.25, 0.3) is 0 Å². The third kappa shape index (κ3) is 3.40. The molecule has 0 radical (unpaired) electrons. The molecule has 3 aromatic rings. The summed E-state index contributed by atoms with van der Waals surface area (Å²) in [6, 6.07) is 12.6. The molecule has 2 aromatic carbocycles. The van der Waals surface area contributed by atoms with Gasteiger partial charge in [-0.1, -0.05) is 0 Å². The maximum absolute atomic E-state index is 10.3. The van der Waals surface area contributed by atoms with Crippen LogP contribution < -0.4 is 4.90 Å². The fourth-order valence-electron chi connectivity index (χ4n) is 2.82. The van der Waals surface area contributed by atoms with Gasteiger partial charge in [-0.3, -0.25) is 9.98 Å². The molecule has 0 aliphatic rings. The van der Waals surface area contributed by atoms with E-state index >= 15 is 0 Å². The fraction of sp³-hybridized carbons (Fsp3) is 0.200. The van der Waals surface area contributed by atoms with Crippen LogP contribution in [0.5, 0.6) is 11.5 Å². The van der Waals surface area contributed by atoms with Crippen LogP contribution in [-0.2, 0) is 0 Å². The van der Waals surface area contributed by atoms with E-state index in [4.69, 9.17) is 0 Å². The largest absolute Gasteiger partial charge is 0.507 e. The molecule has 3 rings (SSSR count). The normalized spacial score (nSPS) is 11.3. The van der Waals surface area contributed by atoms with Crippen LogP contribution in [0.4, 0.5) is 11.4 Å². The Morgan fingerprint density at radius 2 is 1.84 bits per heavy atom. The van der Waals surface area contributed by atoms with Crippen LogP contribution in [0.2, 0.25) is 0 Å². The Morgan fingerprint density at radius 3 is 2.56 bits per heavy atom. The Bertz CT molecular complexity index is 918. The van der Waals surface area contributed by atoms with E-state index in [0.717, 1.165) is 24.2 Å². The number of fused-ring (bicyclic) bond motifs is 1. The van der Waals surface area contributed by atoms with Crippen LogP contribution in [0.3, 0.4) is 0 Å². The molecule has 0 unspecified atom stereocenters. The molecule has 0 amide bonds. The lowest BCUT2D eigenvalue weighted by atomic mass is 10.1. The third-order valence-corrected chi connectivity index (χ3v) is 4.21. The van der Waals surface area contributed by atoms with Crippen molar-refractivity contribution in [3.8, 4) is 11.5 Å². The Kier molecular flexibility index (Phi) is 4.84. The fourth-order valence-corrected chi connectivity index (χ4v) is 2.82. The van der Waals surface area contributed by atoms with Crippen LogP contribution in [0, 0.1) is 0 Å². The van der Waals surface area contributed by atoms with Gasteiger partial charge in [-0.05, 0) is 50.2 Å². The number of rotatable bonds is 5. The van der Waals surface area contributed by atoms with Crippen LogP contribution in [-0.4, -0.2) is 34.5 Å². The second-order valence-corrected chi connectivity index (χ2v) is 5.68. The van der Waals surface area contributed by atoms with Gasteiger partial charge in [0.2, 0.25) is 0 Å². The van der Waals surface area contributed by atoms with Crippen molar-refractivity contribution in [1.29, 1.82) is 0 Å². The summed E-state index contributed by atoms with van der Waals surface area (Å²) in [5.74, 6) is 0.315. The molecule has 0 spiro atoms. The Labute approximate surface area is 146 Å². The van der Waals surface area contributed by atoms with Crippen LogP contribution >= 0.6 is 0 Å². The van der Waals surface area contributed by atoms with Crippen molar-refractivity contribution < 1.29 is 10.2 Å². The van der Waals surface area contributed by atoms with Crippen molar-refractivity contribution >= 4 is 28.5 Å². The van der Waals surface area contributed by atoms with Crippen LogP contribution in [0.1, 0.15) is 19.4 Å². The minimum absolute atomic E-state index is 0.126. The zero-order chi connectivity index (χ0) is 17.8. The lowest BCUT2D eigenvalue weighted by Gasteiger charge is -2.21. The molecule has 25 heavy (non-hydrogen) atoms. The molecular weight excluding hydrogens is 314 g/mol. The van der Waals surface area contributed by atoms with Gasteiger partial charge in [-0.2, -0.15) is 0 Å². The predicted molar refractivity (Wildman–Crippen MR) is 102 cm³/mol. The zero-order valence-corrected chi connectivity index (χ0v) is 14.3. The Balaban J connectivity index is 1.94. The minimum atomic E-state index is 0.126. The second-order valence-electron chi connectivity index (χ2n) is 5.68. The van der Waals surface area contributed by atoms with Gasteiger partial charge < -0.3 is 15.1 Å². The average molecular weight is 335 g/mol. The minimum Gasteiger partial charge on any atom is -0.507 e. The van der Waals surface area contributed by atoms with E-state index in [0.29, 0.717) is 16.8 Å². The number of phenolic OH excluding ortho intramolecular Hbond substituents is 2. The highest BCUT2D eigenvalue weighted by atomic mass is 16.3. The van der Waals surface area contributed by atoms with E-state index in [9.17, 15) is 10.2 Å². The number of aliphatic imine (C=N–C) groups is 1. The van der Waals surface area contributed by atoms with E-state index in [-0.39, 0.29) is 11.5 Å². The number of aromatic hydroxyl groups is 2. The van der Waals surface area contributed by atoms with Crippen molar-refractivity contribution in [3.63, 3.8) is 0 Å². The predicted octanol–water partition coefficient (Wildman–Crippen LogP) is 4.24. The monoisotopic (exact) mass is 335 g/mol. The second kappa shape index (κ2) is 7.21. The van der Waals surface area contributed by atoms with Gasteiger partial charge >= 0.3 is 0 Å². The van der Waals surface area contributed by atoms with E-state index in [2.05, 4.69) is 28.7 Å². The molecule has 0 bridgehead atoms. The topological polar surface area (TPSA) is 69.0 Å². The van der Waals surface area contributed by atoms with Crippen molar-refractivity contribution in [2.24, 2.45) is 4.99 Å². The average Bonchev–Trinajstić information content (AvgIpc) is 2.64. The quantitative estimate of drug-likeness (QED) is 0.684. The highest BCUT2D eigenvalue weighted by Crippen LogP contribution is 2.31. The smallest absolute Gasteiger partial charge is 0.141 e. The van der Waals surface area contributed by atoms with Crippen LogP contribution in [0.25, 0.3) is 10.9 Å². The molecule has 5 nitrogen and oxygen atoms in total. The first-order chi connectivity index (χ1) is 12.1. The van der Waals surface area contributed by atoms with Crippen molar-refractivity contribution in [2.75, 3.05) is 18.0 Å². The molecule has 0 aliphatic carbocycles. The van der Waals surface area contributed by atoms with Gasteiger partial charge in [-0.25, -0.2) is 0 Å². The summed E-state index contributed by atoms with van der Waals surface area (Å²) in [6.45, 7) is 5.94. The molecule has 5 heteroatoms. The number of phenols is 2. The molecule has 0 fully saturated rings. The van der Waals surface area contributed by atoms with Gasteiger partial charge in [0.1, 0.15) is 17.0 Å². The number of anilines is 1. The molecule has 1 aromatic heterocycles. The molecule has 1 heterocycles. The first kappa shape index (κ1) is 16.8. The van der Waals surface area contributed by atoms with E-state index in [1.165, 1.54) is 0 Å². The molecular formula is C20H21N3O2. The first-order valence-corrected chi connectivity index (χ1v) is 8.32. The molecule has 2 N–H and O–H groups in total. The summed E-state index contributed by atoms with van der Waals surface area (Å²) >= 11 is 0. The lowest BCUT2D eigenvalue weighted by molar-refractivity contribution is 0.474. The summed E-state index contributed by atoms with van der Waals surface area (Å²) in [6.07, 6.45) is 3.26. The summed E-state index contributed by atoms with van der Waals surface area (Å²) in [5, 5.41) is 21.0. The zero-order valence-electron chi connectivity index (χ0n) is 14.3. The summed E-state index contributed by atoms with van der Waals surface area (Å²) in [4.78, 5) is 10.8. The lowest BCUT2D eigenvalue weighted by Crippen LogP contribution is -2.21. The summed E-state index contributed by atoms with van der Waals surface area (Å²) in [7, 11) is 0. The highest BCUT2D eigenvalue weighted by molar-refractivity contribution is 5.96. The standard InChI is InChI=1S/C20H21N3O2/c1-3-23(4-2)15-8-7-14(19(25)12-15)13-22-17-9-10-18(24)20-16(17)6-5-11-21-20/h5-13,24-25H,3-4H2,1-2H3. The van der Waals surface area contributed by atoms with E-state index in [1.54, 1.807) is 36.7 Å². The number of nitrogens with zero attached hydrogens (tertiary/aromatic N) is 3. The number of pyridine rings is 1. The van der Waals surface area contributed by atoms with E-state index < -0.39 is 0 Å². The Hall–Kier alpha value is -3.08. The molecule has 0 saturated carbocycles. The first-order valence-electron chi connectivity index (χ1n) is 8.32. The third-order valence-electron chi connectivity index (χ3n) is 4.21. The number of hydrogen-bond acceptors (Lipinski definition) is 5. The number of benzene rings is 2. The molecule has 0 saturated heterocycles. The maximum atomic E-state index is 10.3. The van der Waals surface area contributed by atoms with Gasteiger partial charge in [0.15, 0.2) is 0 Å².